The number of halogens is 1. The molecule has 360 valence electrons. The van der Waals surface area contributed by atoms with Crippen molar-refractivity contribution in [2.24, 2.45) is 23.7 Å². The summed E-state index contributed by atoms with van der Waals surface area (Å²) in [5.41, 5.74) is -0.208. The molecule has 0 fully saturated rings. The number of methoxy groups -OCH3 is 1. The van der Waals surface area contributed by atoms with Crippen molar-refractivity contribution in [3.63, 3.8) is 0 Å². The van der Waals surface area contributed by atoms with Crippen LogP contribution in [0.4, 0.5) is 5.69 Å². The second kappa shape index (κ2) is 20.5. The van der Waals surface area contributed by atoms with Crippen molar-refractivity contribution in [2.45, 2.75) is 99.4 Å². The van der Waals surface area contributed by atoms with Crippen LogP contribution in [0.3, 0.4) is 0 Å². The van der Waals surface area contributed by atoms with Gasteiger partial charge >= 0.3 is 17.7 Å². The van der Waals surface area contributed by atoms with Crippen LogP contribution < -0.4 is 20.1 Å². The lowest BCUT2D eigenvalue weighted by molar-refractivity contribution is -0.160. The second-order valence-electron chi connectivity index (χ2n) is 17.9. The van der Waals surface area contributed by atoms with E-state index in [1.54, 1.807) is 71.0 Å². The molecule has 0 unspecified atom stereocenters. The number of nitrogens with one attached hydrogen (secondary N) is 2. The van der Waals surface area contributed by atoms with Crippen molar-refractivity contribution in [1.29, 1.82) is 0 Å². The van der Waals surface area contributed by atoms with E-state index in [0.29, 0.717) is 11.3 Å². The van der Waals surface area contributed by atoms with Crippen molar-refractivity contribution >= 4 is 52.5 Å². The van der Waals surface area contributed by atoms with E-state index in [1.807, 2.05) is 6.92 Å². The average Bonchev–Trinajstić information content (AvgIpc) is 3.56. The zero-order valence-corrected chi connectivity index (χ0v) is 40.6. The highest BCUT2D eigenvalue weighted by molar-refractivity contribution is 6.34. The molecule has 5 bridgehead atoms. The Morgan fingerprint density at radius 3 is 2.16 bits per heavy atom. The number of hydrogen-bond donors (Lipinski definition) is 4. The zero-order valence-electron chi connectivity index (χ0n) is 39.8. The van der Waals surface area contributed by atoms with Gasteiger partial charge in [0.2, 0.25) is 11.6 Å². The molecule has 68 heavy (non-hydrogen) atoms. The number of fused-ring (bicyclic) bond motifs is 14. The van der Waals surface area contributed by atoms with Gasteiger partial charge in [-0.15, -0.1) is 0 Å². The fraction of sp³-hybridized carbons (Fsp3) is 0.385. The summed E-state index contributed by atoms with van der Waals surface area (Å²) in [6.07, 6.45) is 3.15. The van der Waals surface area contributed by atoms with Crippen LogP contribution in [-0.4, -0.2) is 82.7 Å². The zero-order chi connectivity index (χ0) is 50.1. The number of amides is 1. The molecule has 0 saturated heterocycles. The molecule has 0 spiro atoms. The molecule has 1 amide bonds. The summed E-state index contributed by atoms with van der Waals surface area (Å²) >= 11 is 6.38. The largest absolute Gasteiger partial charge is 0.462 e. The molecular weight excluding hydrogens is 896 g/mol. The molecule has 4 N–H and O–H groups in total. The summed E-state index contributed by atoms with van der Waals surface area (Å²) < 4.78 is 29.9. The van der Waals surface area contributed by atoms with Gasteiger partial charge in [0.05, 0.1) is 46.8 Å². The third-order valence-corrected chi connectivity index (χ3v) is 13.3. The topological polar surface area (TPSA) is 213 Å². The first-order valence-electron chi connectivity index (χ1n) is 22.2. The molecule has 9 atom stereocenters. The summed E-state index contributed by atoms with van der Waals surface area (Å²) in [4.78, 5) is 85.7. The first-order valence-corrected chi connectivity index (χ1v) is 22.6. The summed E-state index contributed by atoms with van der Waals surface area (Å²) in [5, 5.41) is 28.9. The number of aliphatic hydroxyl groups excluding tert-OH is 2. The molecule has 0 saturated carbocycles. The molecule has 0 aromatic heterocycles. The lowest BCUT2D eigenvalue weighted by atomic mass is 9.78. The van der Waals surface area contributed by atoms with Crippen LogP contribution in [0.1, 0.15) is 107 Å². The maximum atomic E-state index is 15.2. The lowest BCUT2D eigenvalue weighted by Gasteiger charge is -2.38. The Morgan fingerprint density at radius 1 is 0.853 bits per heavy atom. The standard InChI is InChI=1S/C52H57ClN2O13/c1-24-15-19-34(20-16-24)54-40-41-45(60)38-37(44(40)59)39-48(31(8)47(38)67-51(63)33-18-17-25(2)35(53)23-33)68-52(10,49(39)61)65-22-21-36(64-11)28(5)46(66-32(9)56)30(7)43(58)29(6)42(57)26(3)13-12-14-27(4)50(62)55-41/h12-23,26,28-30,36,42-43,46,54,57-58H,1-11H3,(H,55,62)/t26-,28+,29+,30-,36-,42-,43-,46+,52-/m0/s1. The van der Waals surface area contributed by atoms with Crippen molar-refractivity contribution in [3.8, 4) is 11.5 Å². The second-order valence-corrected chi connectivity index (χ2v) is 18.3. The minimum absolute atomic E-state index is 0.00665. The molecule has 15 nitrogen and oxygen atoms in total. The molecule has 3 aromatic rings. The van der Waals surface area contributed by atoms with Gasteiger partial charge in [0, 0.05) is 66.5 Å². The minimum atomic E-state index is -2.19. The van der Waals surface area contributed by atoms with Crippen LogP contribution in [0.15, 0.2) is 90.0 Å². The molecule has 3 heterocycles. The van der Waals surface area contributed by atoms with Gasteiger partial charge in [-0.1, -0.05) is 81.3 Å². The number of allylic oxidation sites excluding steroid dienone is 4. The van der Waals surface area contributed by atoms with Crippen LogP contribution in [0.25, 0.3) is 0 Å². The number of aryl methyl sites for hydroxylation is 2. The Hall–Kier alpha value is -6.39. The fourth-order valence-corrected chi connectivity index (χ4v) is 8.76. The number of carbonyl (C=O) groups excluding carboxylic acids is 6. The number of carbonyl (C=O) groups is 6. The molecular formula is C52H57ClN2O13. The smallest absolute Gasteiger partial charge is 0.343 e. The number of benzene rings is 3. The van der Waals surface area contributed by atoms with Crippen LogP contribution in [0.5, 0.6) is 11.5 Å². The van der Waals surface area contributed by atoms with E-state index in [-0.39, 0.29) is 33.0 Å². The Labute approximate surface area is 400 Å². The molecule has 1 aliphatic carbocycles. The Kier molecular flexibility index (Phi) is 15.3. The molecule has 0 radical (unpaired) electrons. The third-order valence-electron chi connectivity index (χ3n) is 12.9. The lowest BCUT2D eigenvalue weighted by Crippen LogP contribution is -2.46. The number of ether oxygens (including phenoxy) is 5. The maximum Gasteiger partial charge on any atom is 0.343 e. The first-order chi connectivity index (χ1) is 32.0. The summed E-state index contributed by atoms with van der Waals surface area (Å²) in [6.45, 7) is 15.9. The highest BCUT2D eigenvalue weighted by Crippen LogP contribution is 2.49. The van der Waals surface area contributed by atoms with E-state index in [4.69, 9.17) is 35.3 Å². The number of aliphatic hydroxyl groups is 2. The van der Waals surface area contributed by atoms with E-state index in [9.17, 15) is 29.4 Å². The normalized spacial score (nSPS) is 26.7. The maximum absolute atomic E-state index is 15.2. The predicted octanol–water partition coefficient (Wildman–Crippen LogP) is 7.85. The number of ketones is 3. The van der Waals surface area contributed by atoms with Gasteiger partial charge in [-0.05, 0) is 63.6 Å². The monoisotopic (exact) mass is 952 g/mol. The van der Waals surface area contributed by atoms with Crippen molar-refractivity contribution in [2.75, 3.05) is 12.4 Å². The van der Waals surface area contributed by atoms with Gasteiger partial charge in [-0.2, -0.15) is 0 Å². The summed E-state index contributed by atoms with van der Waals surface area (Å²) in [5.74, 6) is -10.7. The van der Waals surface area contributed by atoms with Gasteiger partial charge < -0.3 is 44.5 Å². The van der Waals surface area contributed by atoms with Gasteiger partial charge in [-0.3, -0.25) is 24.0 Å². The number of Topliss-reactive ketones (excluding diaryl/α,β-unsaturated/α-hetero) is 3. The van der Waals surface area contributed by atoms with Gasteiger partial charge in [-0.25, -0.2) is 4.79 Å². The number of anilines is 1. The van der Waals surface area contributed by atoms with Crippen LogP contribution in [0.2, 0.25) is 5.02 Å². The average molecular weight is 953 g/mol. The Bertz CT molecular complexity index is 2680. The van der Waals surface area contributed by atoms with Crippen molar-refractivity contribution in [3.05, 3.63) is 134 Å². The van der Waals surface area contributed by atoms with E-state index in [0.717, 1.165) is 11.8 Å². The number of esters is 2. The van der Waals surface area contributed by atoms with Crippen LogP contribution >= 0.6 is 11.6 Å². The van der Waals surface area contributed by atoms with Crippen molar-refractivity contribution < 1.29 is 62.7 Å². The molecule has 16 heteroatoms. The van der Waals surface area contributed by atoms with E-state index >= 15 is 9.59 Å². The van der Waals surface area contributed by atoms with Gasteiger partial charge in [0.1, 0.15) is 29.0 Å². The Morgan fingerprint density at radius 2 is 1.53 bits per heavy atom. The molecule has 3 aromatic carbocycles. The summed E-state index contributed by atoms with van der Waals surface area (Å²) in [6, 6.07) is 11.3. The molecule has 4 aliphatic rings. The fourth-order valence-electron chi connectivity index (χ4n) is 8.58. The van der Waals surface area contributed by atoms with E-state index in [1.165, 1.54) is 65.2 Å². The van der Waals surface area contributed by atoms with E-state index < -0.39 is 117 Å². The summed E-state index contributed by atoms with van der Waals surface area (Å²) in [7, 11) is 1.41. The third kappa shape index (κ3) is 10.1. The highest BCUT2D eigenvalue weighted by atomic mass is 35.5. The minimum Gasteiger partial charge on any atom is -0.462 e. The number of hydrogen-bond acceptors (Lipinski definition) is 14. The first kappa shape index (κ1) is 51.0. The Balaban J connectivity index is 1.57. The van der Waals surface area contributed by atoms with Gasteiger partial charge in [0.15, 0.2) is 0 Å². The number of rotatable bonds is 6. The van der Waals surface area contributed by atoms with Crippen LogP contribution in [-0.2, 0) is 23.8 Å². The molecule has 3 aliphatic heterocycles. The SMILES string of the molecule is CO[C@H]1C=CO[C@@]2(C)Oc3c(C)c(OC(=O)c4ccc(C)c(Cl)c4)c4c(c3C2=O)C(=O)C(Nc2ccc(C)cc2)=C(NC(=O)C(C)=CC=C[C@H](C)[C@H](O)[C@@H](C)[C@H](O)[C@H](C)[C@H](OC(C)=O)[C@@H]1C)C4=O. The highest BCUT2D eigenvalue weighted by Gasteiger charge is 2.53. The van der Waals surface area contributed by atoms with Crippen molar-refractivity contribution in [1.82, 2.24) is 5.32 Å². The van der Waals surface area contributed by atoms with Crippen LogP contribution in [0, 0.1) is 44.4 Å². The van der Waals surface area contributed by atoms with Gasteiger partial charge in [0.25, 0.3) is 11.7 Å². The predicted molar refractivity (Wildman–Crippen MR) is 252 cm³/mol. The van der Waals surface area contributed by atoms with E-state index in [2.05, 4.69) is 10.6 Å². The quantitative estimate of drug-likeness (QED) is 0.137. The molecule has 7 rings (SSSR count).